The van der Waals surface area contributed by atoms with Gasteiger partial charge in [0.05, 0.1) is 5.56 Å². The Kier molecular flexibility index (Phi) is 4.87. The standard InChI is InChI=1S/C13H18O2S/c1-3-4-5-6-10-7-11(15)13(9(2)14)12(16)8-10/h7-8,15-16H,3-6H2,1-2H3. The number of Topliss-reactive ketones (excluding diaryl/α,β-unsaturated/α-hetero) is 1. The largest absolute Gasteiger partial charge is 0.507 e. The van der Waals surface area contributed by atoms with E-state index >= 15 is 0 Å². The molecule has 1 aromatic carbocycles. The number of ketones is 1. The fraction of sp³-hybridized carbons (Fsp3) is 0.462. The van der Waals surface area contributed by atoms with Crippen LogP contribution in [0.2, 0.25) is 0 Å². The van der Waals surface area contributed by atoms with Crippen LogP contribution in [-0.4, -0.2) is 10.9 Å². The number of carbonyl (C=O) groups excluding carboxylic acids is 1. The summed E-state index contributed by atoms with van der Waals surface area (Å²) in [5.74, 6) is -0.103. The molecule has 0 atom stereocenters. The van der Waals surface area contributed by atoms with Crippen molar-refractivity contribution in [3.8, 4) is 5.75 Å². The molecule has 1 rings (SSSR count). The number of carbonyl (C=O) groups is 1. The van der Waals surface area contributed by atoms with E-state index in [0.717, 1.165) is 18.4 Å². The summed E-state index contributed by atoms with van der Waals surface area (Å²) >= 11 is 4.24. The fourth-order valence-electron chi connectivity index (χ4n) is 1.75. The van der Waals surface area contributed by atoms with Crippen molar-refractivity contribution in [2.24, 2.45) is 0 Å². The van der Waals surface area contributed by atoms with Crippen LogP contribution in [0.5, 0.6) is 5.75 Å². The summed E-state index contributed by atoms with van der Waals surface area (Å²) < 4.78 is 0. The van der Waals surface area contributed by atoms with Gasteiger partial charge in [-0.3, -0.25) is 4.79 Å². The molecule has 0 amide bonds. The number of phenols is 1. The van der Waals surface area contributed by atoms with Gasteiger partial charge in [-0.15, -0.1) is 12.6 Å². The van der Waals surface area contributed by atoms with Crippen molar-refractivity contribution in [1.29, 1.82) is 0 Å². The van der Waals surface area contributed by atoms with Gasteiger partial charge in [-0.2, -0.15) is 0 Å². The molecule has 0 spiro atoms. The topological polar surface area (TPSA) is 37.3 Å². The van der Waals surface area contributed by atoms with Gasteiger partial charge in [0.2, 0.25) is 0 Å². The highest BCUT2D eigenvalue weighted by molar-refractivity contribution is 7.80. The molecule has 0 saturated carbocycles. The molecule has 0 aliphatic heterocycles. The summed E-state index contributed by atoms with van der Waals surface area (Å²) in [7, 11) is 0. The predicted octanol–water partition coefficient (Wildman–Crippen LogP) is 3.62. The molecule has 1 N–H and O–H groups in total. The van der Waals surface area contributed by atoms with Gasteiger partial charge in [0.1, 0.15) is 5.75 Å². The molecule has 0 saturated heterocycles. The van der Waals surface area contributed by atoms with Gasteiger partial charge in [0, 0.05) is 4.90 Å². The zero-order chi connectivity index (χ0) is 12.1. The van der Waals surface area contributed by atoms with Crippen molar-refractivity contribution < 1.29 is 9.90 Å². The molecule has 3 heteroatoms. The highest BCUT2D eigenvalue weighted by atomic mass is 32.1. The van der Waals surface area contributed by atoms with Gasteiger partial charge in [-0.1, -0.05) is 19.8 Å². The van der Waals surface area contributed by atoms with E-state index in [9.17, 15) is 9.90 Å². The van der Waals surface area contributed by atoms with E-state index in [1.165, 1.54) is 19.8 Å². The number of hydrogen-bond acceptors (Lipinski definition) is 3. The van der Waals surface area contributed by atoms with E-state index < -0.39 is 0 Å². The molecule has 0 fully saturated rings. The molecule has 1 aromatic rings. The molecule has 16 heavy (non-hydrogen) atoms. The lowest BCUT2D eigenvalue weighted by Crippen LogP contribution is -1.97. The van der Waals surface area contributed by atoms with Gasteiger partial charge in [0.15, 0.2) is 5.78 Å². The van der Waals surface area contributed by atoms with E-state index in [4.69, 9.17) is 0 Å². The molecule has 0 radical (unpaired) electrons. The van der Waals surface area contributed by atoms with Gasteiger partial charge in [-0.05, 0) is 37.5 Å². The third-order valence-corrected chi connectivity index (χ3v) is 2.93. The third kappa shape index (κ3) is 3.27. The number of thiol groups is 1. The second-order valence-electron chi connectivity index (χ2n) is 4.02. The second-order valence-corrected chi connectivity index (χ2v) is 4.50. The molecule has 0 unspecified atom stereocenters. The molecule has 0 aliphatic rings. The Morgan fingerprint density at radius 1 is 1.38 bits per heavy atom. The zero-order valence-electron chi connectivity index (χ0n) is 9.79. The molecular formula is C13H18O2S. The summed E-state index contributed by atoms with van der Waals surface area (Å²) in [6.07, 6.45) is 4.37. The summed E-state index contributed by atoms with van der Waals surface area (Å²) in [4.78, 5) is 11.8. The van der Waals surface area contributed by atoms with Crippen LogP contribution in [0, 0.1) is 0 Å². The average Bonchev–Trinajstić information content (AvgIpc) is 2.16. The maximum atomic E-state index is 11.2. The summed E-state index contributed by atoms with van der Waals surface area (Å²) in [6.45, 7) is 3.59. The lowest BCUT2D eigenvalue weighted by atomic mass is 10.0. The minimum atomic E-state index is -0.150. The van der Waals surface area contributed by atoms with Crippen molar-refractivity contribution in [2.75, 3.05) is 0 Å². The molecule has 88 valence electrons. The average molecular weight is 238 g/mol. The zero-order valence-corrected chi connectivity index (χ0v) is 10.7. The number of rotatable bonds is 5. The number of phenolic OH excluding ortho intramolecular Hbond substituents is 1. The first-order chi connectivity index (χ1) is 7.56. The Morgan fingerprint density at radius 2 is 2.06 bits per heavy atom. The number of aromatic hydroxyl groups is 1. The lowest BCUT2D eigenvalue weighted by molar-refractivity contribution is 0.101. The number of aryl methyl sites for hydroxylation is 1. The number of hydrogen-bond donors (Lipinski definition) is 2. The molecule has 0 aromatic heterocycles. The van der Waals surface area contributed by atoms with E-state index in [2.05, 4.69) is 19.6 Å². The normalized spacial score (nSPS) is 10.4. The number of benzene rings is 1. The van der Waals surface area contributed by atoms with Crippen LogP contribution in [0.15, 0.2) is 17.0 Å². The third-order valence-electron chi connectivity index (χ3n) is 2.58. The second kappa shape index (κ2) is 5.94. The predicted molar refractivity (Wildman–Crippen MR) is 68.6 cm³/mol. The number of unbranched alkanes of at least 4 members (excludes halogenated alkanes) is 2. The van der Waals surface area contributed by atoms with Crippen LogP contribution in [0.4, 0.5) is 0 Å². The Hall–Kier alpha value is -0.960. The highest BCUT2D eigenvalue weighted by Gasteiger charge is 2.11. The van der Waals surface area contributed by atoms with Crippen molar-refractivity contribution in [3.63, 3.8) is 0 Å². The summed E-state index contributed by atoms with van der Waals surface area (Å²) in [5.41, 5.74) is 1.36. The van der Waals surface area contributed by atoms with Gasteiger partial charge in [-0.25, -0.2) is 0 Å². The lowest BCUT2D eigenvalue weighted by Gasteiger charge is -2.08. The van der Waals surface area contributed by atoms with Gasteiger partial charge < -0.3 is 5.11 Å². The fourth-order valence-corrected chi connectivity index (χ4v) is 2.19. The Bertz CT molecular complexity index is 363. The van der Waals surface area contributed by atoms with E-state index in [0.29, 0.717) is 10.5 Å². The quantitative estimate of drug-likeness (QED) is 0.467. The van der Waals surface area contributed by atoms with Crippen LogP contribution < -0.4 is 0 Å². The highest BCUT2D eigenvalue weighted by Crippen LogP contribution is 2.27. The maximum Gasteiger partial charge on any atom is 0.164 e. The van der Waals surface area contributed by atoms with E-state index in [1.54, 1.807) is 6.07 Å². The van der Waals surface area contributed by atoms with Crippen LogP contribution in [0.3, 0.4) is 0 Å². The monoisotopic (exact) mass is 238 g/mol. The Morgan fingerprint density at radius 3 is 2.56 bits per heavy atom. The van der Waals surface area contributed by atoms with Crippen molar-refractivity contribution in [3.05, 3.63) is 23.3 Å². The minimum Gasteiger partial charge on any atom is -0.507 e. The Labute approximate surface area is 102 Å². The Balaban J connectivity index is 2.87. The smallest absolute Gasteiger partial charge is 0.164 e. The van der Waals surface area contributed by atoms with Crippen molar-refractivity contribution >= 4 is 18.4 Å². The molecular weight excluding hydrogens is 220 g/mol. The van der Waals surface area contributed by atoms with E-state index in [-0.39, 0.29) is 11.5 Å². The van der Waals surface area contributed by atoms with Crippen molar-refractivity contribution in [1.82, 2.24) is 0 Å². The SMILES string of the molecule is CCCCCc1cc(O)c(C(C)=O)c(S)c1. The van der Waals surface area contributed by atoms with Gasteiger partial charge >= 0.3 is 0 Å². The molecule has 0 heterocycles. The summed E-state index contributed by atoms with van der Waals surface area (Å²) in [6, 6.07) is 3.54. The van der Waals surface area contributed by atoms with Crippen LogP contribution >= 0.6 is 12.6 Å². The van der Waals surface area contributed by atoms with E-state index in [1.807, 2.05) is 6.07 Å². The molecule has 0 aliphatic carbocycles. The molecule has 0 bridgehead atoms. The first kappa shape index (κ1) is 13.1. The minimum absolute atomic E-state index is 0.0477. The summed E-state index contributed by atoms with van der Waals surface area (Å²) in [5, 5.41) is 9.73. The van der Waals surface area contributed by atoms with Crippen LogP contribution in [0.1, 0.15) is 49.0 Å². The first-order valence-corrected chi connectivity index (χ1v) is 6.06. The maximum absolute atomic E-state index is 11.2. The van der Waals surface area contributed by atoms with Crippen molar-refractivity contribution in [2.45, 2.75) is 44.4 Å². The van der Waals surface area contributed by atoms with Gasteiger partial charge in [0.25, 0.3) is 0 Å². The van der Waals surface area contributed by atoms with Crippen LogP contribution in [0.25, 0.3) is 0 Å². The molecule has 2 nitrogen and oxygen atoms in total. The first-order valence-electron chi connectivity index (χ1n) is 5.62. The van der Waals surface area contributed by atoms with Crippen LogP contribution in [-0.2, 0) is 6.42 Å².